The second-order valence-electron chi connectivity index (χ2n) is 4.34. The van der Waals surface area contributed by atoms with E-state index in [4.69, 9.17) is 4.74 Å². The Kier molecular flexibility index (Phi) is 4.82. The summed E-state index contributed by atoms with van der Waals surface area (Å²) in [7, 11) is 0. The van der Waals surface area contributed by atoms with Crippen LogP contribution in [0, 0.1) is 0 Å². The van der Waals surface area contributed by atoms with Crippen molar-refractivity contribution in [2.75, 3.05) is 38.2 Å². The van der Waals surface area contributed by atoms with E-state index in [1.165, 1.54) is 11.3 Å². The number of rotatable bonds is 0. The summed E-state index contributed by atoms with van der Waals surface area (Å²) in [6, 6.07) is 8.44. The number of nitrogens with one attached hydrogen (secondary N) is 1. The minimum atomic E-state index is 0. The van der Waals surface area contributed by atoms with Crippen LogP contribution < -0.4 is 5.32 Å². The van der Waals surface area contributed by atoms with E-state index in [0.29, 0.717) is 0 Å². The molecule has 2 heterocycles. The van der Waals surface area contributed by atoms with Gasteiger partial charge in [-0.15, -0.1) is 24.0 Å². The molecule has 5 heteroatoms. The second kappa shape index (κ2) is 6.38. The first-order valence-corrected chi connectivity index (χ1v) is 6.15. The molecule has 0 amide bonds. The molecular weight excluding hydrogens is 341 g/mol. The Balaban J connectivity index is 0.00000120. The monoisotopic (exact) mass is 359 g/mol. The lowest BCUT2D eigenvalue weighted by atomic mass is 10.1. The summed E-state index contributed by atoms with van der Waals surface area (Å²) >= 11 is 0. The van der Waals surface area contributed by atoms with E-state index in [1.54, 1.807) is 0 Å². The van der Waals surface area contributed by atoms with Crippen LogP contribution in [0.1, 0.15) is 5.56 Å². The number of morpholine rings is 1. The van der Waals surface area contributed by atoms with Crippen molar-refractivity contribution in [1.82, 2.24) is 4.90 Å². The molecule has 1 saturated heterocycles. The Labute approximate surface area is 124 Å². The van der Waals surface area contributed by atoms with Crippen molar-refractivity contribution in [3.05, 3.63) is 29.8 Å². The third-order valence-corrected chi connectivity index (χ3v) is 3.22. The van der Waals surface area contributed by atoms with Crippen LogP contribution in [-0.4, -0.2) is 43.7 Å². The summed E-state index contributed by atoms with van der Waals surface area (Å²) in [5.74, 6) is 0.998. The van der Waals surface area contributed by atoms with Gasteiger partial charge in [-0.05, 0) is 18.1 Å². The highest BCUT2D eigenvalue weighted by molar-refractivity contribution is 14.0. The lowest BCUT2D eigenvalue weighted by Crippen LogP contribution is -2.44. The molecule has 0 radical (unpaired) electrons. The fraction of sp³-hybridized carbons (Fsp3) is 0.462. The maximum absolute atomic E-state index is 5.37. The summed E-state index contributed by atoms with van der Waals surface area (Å²) in [5, 5.41) is 3.45. The van der Waals surface area contributed by atoms with Crippen molar-refractivity contribution in [2.45, 2.75) is 6.42 Å². The van der Waals surface area contributed by atoms with Crippen molar-refractivity contribution < 1.29 is 4.74 Å². The number of guanidine groups is 1. The average molecular weight is 359 g/mol. The molecule has 4 nitrogen and oxygen atoms in total. The fourth-order valence-electron chi connectivity index (χ4n) is 2.26. The van der Waals surface area contributed by atoms with Crippen molar-refractivity contribution >= 4 is 35.6 Å². The van der Waals surface area contributed by atoms with E-state index in [9.17, 15) is 0 Å². The third kappa shape index (κ3) is 2.95. The van der Waals surface area contributed by atoms with Gasteiger partial charge in [0.25, 0.3) is 0 Å². The summed E-state index contributed by atoms with van der Waals surface area (Å²) in [5.41, 5.74) is 2.54. The first-order chi connectivity index (χ1) is 8.43. The Morgan fingerprint density at radius 1 is 1.17 bits per heavy atom. The number of hydrogen-bond donors (Lipinski definition) is 1. The molecule has 0 atom stereocenters. The zero-order chi connectivity index (χ0) is 11.5. The van der Waals surface area contributed by atoms with Crippen LogP contribution in [0.15, 0.2) is 29.3 Å². The zero-order valence-corrected chi connectivity index (χ0v) is 12.6. The summed E-state index contributed by atoms with van der Waals surface area (Å²) in [4.78, 5) is 6.91. The highest BCUT2D eigenvalue weighted by Crippen LogP contribution is 2.19. The van der Waals surface area contributed by atoms with Gasteiger partial charge in [-0.2, -0.15) is 0 Å². The molecular formula is C13H18IN3O. The lowest BCUT2D eigenvalue weighted by Gasteiger charge is -2.29. The van der Waals surface area contributed by atoms with Crippen LogP contribution in [0.25, 0.3) is 0 Å². The molecule has 0 aliphatic carbocycles. The number of nitrogens with zero attached hydrogens (tertiary/aromatic N) is 2. The number of anilines is 1. The topological polar surface area (TPSA) is 36.9 Å². The zero-order valence-electron chi connectivity index (χ0n) is 10.3. The van der Waals surface area contributed by atoms with Gasteiger partial charge in [0.15, 0.2) is 5.96 Å². The lowest BCUT2D eigenvalue weighted by molar-refractivity contribution is 0.0679. The van der Waals surface area contributed by atoms with Gasteiger partial charge in [0.05, 0.1) is 13.2 Å². The Hall–Kier alpha value is -0.820. The van der Waals surface area contributed by atoms with Gasteiger partial charge in [0, 0.05) is 25.3 Å². The number of halogens is 1. The first-order valence-electron chi connectivity index (χ1n) is 6.15. The summed E-state index contributed by atoms with van der Waals surface area (Å²) < 4.78 is 5.37. The molecule has 1 fully saturated rings. The third-order valence-electron chi connectivity index (χ3n) is 3.22. The predicted molar refractivity (Wildman–Crippen MR) is 83.9 cm³/mol. The molecule has 18 heavy (non-hydrogen) atoms. The van der Waals surface area contributed by atoms with Crippen LogP contribution >= 0.6 is 24.0 Å². The summed E-state index contributed by atoms with van der Waals surface area (Å²) in [6.07, 6.45) is 1.01. The second-order valence-corrected chi connectivity index (χ2v) is 4.34. The number of ether oxygens (including phenoxy) is 1. The van der Waals surface area contributed by atoms with E-state index >= 15 is 0 Å². The number of aliphatic imine (C=N–C) groups is 1. The Morgan fingerprint density at radius 2 is 1.94 bits per heavy atom. The smallest absolute Gasteiger partial charge is 0.198 e. The quantitative estimate of drug-likeness (QED) is 0.720. The van der Waals surface area contributed by atoms with Crippen molar-refractivity contribution in [1.29, 1.82) is 0 Å². The average Bonchev–Trinajstić information content (AvgIpc) is 2.62. The predicted octanol–water partition coefficient (Wildman–Crippen LogP) is 1.96. The van der Waals surface area contributed by atoms with Crippen molar-refractivity contribution in [2.24, 2.45) is 4.99 Å². The van der Waals surface area contributed by atoms with Gasteiger partial charge >= 0.3 is 0 Å². The molecule has 1 aromatic carbocycles. The highest BCUT2D eigenvalue weighted by Gasteiger charge is 2.17. The van der Waals surface area contributed by atoms with Gasteiger partial charge in [0.2, 0.25) is 0 Å². The molecule has 98 valence electrons. The van der Waals surface area contributed by atoms with Gasteiger partial charge in [-0.3, -0.25) is 4.99 Å². The Morgan fingerprint density at radius 3 is 2.78 bits per heavy atom. The van der Waals surface area contributed by atoms with E-state index in [2.05, 4.69) is 39.5 Å². The van der Waals surface area contributed by atoms with Crippen LogP contribution in [-0.2, 0) is 11.2 Å². The molecule has 0 saturated carbocycles. The minimum absolute atomic E-state index is 0. The van der Waals surface area contributed by atoms with Crippen LogP contribution in [0.3, 0.4) is 0 Å². The molecule has 2 aliphatic rings. The SMILES string of the molecule is I.c1ccc2c(c1)CCN=C(N1CCOCC1)N2. The van der Waals surface area contributed by atoms with E-state index in [1.807, 2.05) is 0 Å². The number of hydrogen-bond acceptors (Lipinski definition) is 4. The van der Waals surface area contributed by atoms with Gasteiger partial charge in [0.1, 0.15) is 0 Å². The van der Waals surface area contributed by atoms with Crippen LogP contribution in [0.4, 0.5) is 5.69 Å². The number of benzene rings is 1. The molecule has 0 aromatic heterocycles. The molecule has 0 spiro atoms. The maximum Gasteiger partial charge on any atom is 0.198 e. The molecule has 3 rings (SSSR count). The molecule has 1 N–H and O–H groups in total. The van der Waals surface area contributed by atoms with Gasteiger partial charge in [-0.25, -0.2) is 0 Å². The number of fused-ring (bicyclic) bond motifs is 1. The van der Waals surface area contributed by atoms with Crippen molar-refractivity contribution in [3.63, 3.8) is 0 Å². The first kappa shape index (κ1) is 13.6. The van der Waals surface area contributed by atoms with Crippen LogP contribution in [0.2, 0.25) is 0 Å². The minimum Gasteiger partial charge on any atom is -0.378 e. The van der Waals surface area contributed by atoms with Crippen molar-refractivity contribution in [3.8, 4) is 0 Å². The van der Waals surface area contributed by atoms with Gasteiger partial charge in [-0.1, -0.05) is 18.2 Å². The van der Waals surface area contributed by atoms with E-state index in [-0.39, 0.29) is 24.0 Å². The summed E-state index contributed by atoms with van der Waals surface area (Å²) in [6.45, 7) is 4.30. The Bertz CT molecular complexity index is 430. The van der Waals surface area contributed by atoms with Crippen LogP contribution in [0.5, 0.6) is 0 Å². The molecule has 1 aromatic rings. The highest BCUT2D eigenvalue weighted by atomic mass is 127. The normalized spacial score (nSPS) is 18.9. The van der Waals surface area contributed by atoms with E-state index in [0.717, 1.165) is 45.2 Å². The van der Waals surface area contributed by atoms with Gasteiger partial charge < -0.3 is 15.0 Å². The standard InChI is InChI=1S/C13H17N3O.HI/c1-2-4-12-11(3-1)5-6-14-13(15-12)16-7-9-17-10-8-16;/h1-4H,5-10H2,(H,14,15);1H. The maximum atomic E-state index is 5.37. The fourth-order valence-corrected chi connectivity index (χ4v) is 2.26. The molecule has 0 bridgehead atoms. The molecule has 0 unspecified atom stereocenters. The number of para-hydroxylation sites is 1. The van der Waals surface area contributed by atoms with E-state index < -0.39 is 0 Å². The molecule has 2 aliphatic heterocycles. The largest absolute Gasteiger partial charge is 0.378 e.